The van der Waals surface area contributed by atoms with Crippen LogP contribution in [0.3, 0.4) is 0 Å². The summed E-state index contributed by atoms with van der Waals surface area (Å²) in [6.07, 6.45) is 7.49. The molecule has 2 aromatic heterocycles. The van der Waals surface area contributed by atoms with E-state index in [1.165, 1.54) is 61.5 Å². The molecule has 1 fully saturated rings. The zero-order chi connectivity index (χ0) is 16.7. The van der Waals surface area contributed by atoms with E-state index < -0.39 is 0 Å². The van der Waals surface area contributed by atoms with Crippen LogP contribution in [-0.4, -0.2) is 33.6 Å². The molecule has 4 rings (SSSR count). The predicted molar refractivity (Wildman–Crippen MR) is 98.3 cm³/mol. The fourth-order valence-electron chi connectivity index (χ4n) is 3.20. The number of thioether (sulfide) groups is 1. The van der Waals surface area contributed by atoms with E-state index in [2.05, 4.69) is 30.7 Å². The van der Waals surface area contributed by atoms with Gasteiger partial charge in [-0.3, -0.25) is 9.36 Å². The highest BCUT2D eigenvalue weighted by Gasteiger charge is 2.33. The molecule has 0 aliphatic heterocycles. The predicted octanol–water partition coefficient (Wildman–Crippen LogP) is 4.11. The third-order valence-corrected chi connectivity index (χ3v) is 7.36. The van der Waals surface area contributed by atoms with Gasteiger partial charge in [0, 0.05) is 4.88 Å². The summed E-state index contributed by atoms with van der Waals surface area (Å²) in [5.41, 5.74) is 3.04. The van der Waals surface area contributed by atoms with Crippen LogP contribution in [0.1, 0.15) is 47.6 Å². The van der Waals surface area contributed by atoms with E-state index in [-0.39, 0.29) is 11.7 Å². The number of halogens is 1. The molecule has 0 spiro atoms. The maximum atomic E-state index is 11.5. The molecular weight excluding hydrogens is 410 g/mol. The van der Waals surface area contributed by atoms with Gasteiger partial charge in [0.2, 0.25) is 4.73 Å². The van der Waals surface area contributed by atoms with Crippen molar-refractivity contribution in [3.63, 3.8) is 0 Å². The molecule has 0 aromatic carbocycles. The molecule has 0 amide bonds. The lowest BCUT2D eigenvalue weighted by atomic mass is 9.92. The maximum Gasteiger partial charge on any atom is 0.316 e. The molecule has 2 aliphatic carbocycles. The number of hydrogen-bond donors (Lipinski definition) is 0. The fraction of sp³-hybridized carbons (Fsp3) is 0.562. The van der Waals surface area contributed by atoms with Crippen molar-refractivity contribution in [1.29, 1.82) is 0 Å². The van der Waals surface area contributed by atoms with Crippen molar-refractivity contribution in [2.75, 3.05) is 12.9 Å². The van der Waals surface area contributed by atoms with Gasteiger partial charge in [0.05, 0.1) is 12.9 Å². The van der Waals surface area contributed by atoms with Crippen molar-refractivity contribution >= 4 is 45.0 Å². The summed E-state index contributed by atoms with van der Waals surface area (Å²) in [7, 11) is 1.40. The van der Waals surface area contributed by atoms with Gasteiger partial charge >= 0.3 is 5.97 Å². The Morgan fingerprint density at radius 2 is 2.08 bits per heavy atom. The van der Waals surface area contributed by atoms with E-state index in [0.717, 1.165) is 17.5 Å². The molecule has 24 heavy (non-hydrogen) atoms. The number of carbonyl (C=O) groups excluding carboxylic acids is 1. The summed E-state index contributed by atoms with van der Waals surface area (Å²) in [6, 6.07) is 0. The standard InChI is InChI=1S/C16H18BrN3O2S2/c1-22-12(21)8-23-16-19-18-15(17)20(16)14-11-5-3-2-4-10(11)13(24-14)9-6-7-9/h9H,2-8H2,1H3. The Balaban J connectivity index is 1.73. The van der Waals surface area contributed by atoms with Gasteiger partial charge in [-0.25, -0.2) is 0 Å². The quantitative estimate of drug-likeness (QED) is 0.530. The Bertz CT molecular complexity index is 783. The van der Waals surface area contributed by atoms with Gasteiger partial charge in [-0.1, -0.05) is 11.8 Å². The lowest BCUT2D eigenvalue weighted by Crippen LogP contribution is -2.07. The molecule has 2 aliphatic rings. The van der Waals surface area contributed by atoms with Gasteiger partial charge in [0.15, 0.2) is 5.16 Å². The fourth-order valence-corrected chi connectivity index (χ4v) is 6.25. The van der Waals surface area contributed by atoms with Crippen LogP contribution < -0.4 is 0 Å². The summed E-state index contributed by atoms with van der Waals surface area (Å²) in [6.45, 7) is 0. The Morgan fingerprint density at radius 1 is 1.33 bits per heavy atom. The highest BCUT2D eigenvalue weighted by Crippen LogP contribution is 2.50. The normalized spacial score (nSPS) is 16.9. The van der Waals surface area contributed by atoms with Gasteiger partial charge in [0.25, 0.3) is 0 Å². The van der Waals surface area contributed by atoms with Gasteiger partial charge in [0.1, 0.15) is 5.00 Å². The first-order valence-electron chi connectivity index (χ1n) is 8.14. The molecule has 128 valence electrons. The second-order valence-corrected chi connectivity index (χ2v) is 8.84. The van der Waals surface area contributed by atoms with E-state index in [1.54, 1.807) is 10.4 Å². The van der Waals surface area contributed by atoms with Gasteiger partial charge in [-0.05, 0) is 71.5 Å². The second kappa shape index (κ2) is 6.80. The smallest absolute Gasteiger partial charge is 0.316 e. The number of methoxy groups -OCH3 is 1. The number of ether oxygens (including phenoxy) is 1. The first kappa shape index (κ1) is 16.6. The highest BCUT2D eigenvalue weighted by atomic mass is 79.9. The molecule has 0 atom stereocenters. The average Bonchev–Trinajstić information content (AvgIpc) is 3.29. The molecule has 8 heteroatoms. The minimum Gasteiger partial charge on any atom is -0.468 e. The molecular formula is C16H18BrN3O2S2. The number of carbonyl (C=O) groups is 1. The third-order valence-electron chi connectivity index (χ3n) is 4.52. The number of aromatic nitrogens is 3. The summed E-state index contributed by atoms with van der Waals surface area (Å²) in [4.78, 5) is 13.0. The summed E-state index contributed by atoms with van der Waals surface area (Å²) in [5.74, 6) is 0.750. The molecule has 0 unspecified atom stereocenters. The Morgan fingerprint density at radius 3 is 2.79 bits per heavy atom. The van der Waals surface area contributed by atoms with Crippen LogP contribution in [0.25, 0.3) is 5.00 Å². The molecule has 0 saturated heterocycles. The Labute approximate surface area is 157 Å². The van der Waals surface area contributed by atoms with Crippen molar-refractivity contribution in [3.8, 4) is 5.00 Å². The Kier molecular flexibility index (Phi) is 4.70. The number of hydrogen-bond acceptors (Lipinski definition) is 6. The topological polar surface area (TPSA) is 57.0 Å². The first-order valence-corrected chi connectivity index (χ1v) is 10.7. The molecule has 0 N–H and O–H groups in total. The van der Waals surface area contributed by atoms with Crippen molar-refractivity contribution in [2.24, 2.45) is 0 Å². The second-order valence-electron chi connectivity index (χ2n) is 6.16. The van der Waals surface area contributed by atoms with Crippen LogP contribution >= 0.6 is 39.0 Å². The zero-order valence-corrected chi connectivity index (χ0v) is 16.6. The zero-order valence-electron chi connectivity index (χ0n) is 13.4. The Hall–Kier alpha value is -0.860. The lowest BCUT2D eigenvalue weighted by molar-refractivity contribution is -0.137. The van der Waals surface area contributed by atoms with Gasteiger partial charge in [-0.15, -0.1) is 21.5 Å². The SMILES string of the molecule is COC(=O)CSc1nnc(Br)n1-c1sc(C2CC2)c2c1CCCC2. The van der Waals surface area contributed by atoms with E-state index in [0.29, 0.717) is 4.73 Å². The minimum atomic E-state index is -0.252. The molecule has 5 nitrogen and oxygen atoms in total. The maximum absolute atomic E-state index is 11.5. The van der Waals surface area contributed by atoms with E-state index >= 15 is 0 Å². The van der Waals surface area contributed by atoms with Crippen molar-refractivity contribution in [1.82, 2.24) is 14.8 Å². The minimum absolute atomic E-state index is 0.241. The number of thiophene rings is 1. The van der Waals surface area contributed by atoms with Crippen molar-refractivity contribution < 1.29 is 9.53 Å². The van der Waals surface area contributed by atoms with Gasteiger partial charge in [-0.2, -0.15) is 0 Å². The van der Waals surface area contributed by atoms with E-state index in [1.807, 2.05) is 11.3 Å². The van der Waals surface area contributed by atoms with Crippen LogP contribution in [0.4, 0.5) is 0 Å². The molecule has 2 heterocycles. The molecule has 2 aromatic rings. The first-order chi connectivity index (χ1) is 11.7. The largest absolute Gasteiger partial charge is 0.468 e. The highest BCUT2D eigenvalue weighted by molar-refractivity contribution is 9.10. The number of esters is 1. The van der Waals surface area contributed by atoms with Crippen LogP contribution in [-0.2, 0) is 22.4 Å². The molecule has 0 bridgehead atoms. The van der Waals surface area contributed by atoms with Gasteiger partial charge < -0.3 is 4.74 Å². The van der Waals surface area contributed by atoms with Crippen LogP contribution in [0.2, 0.25) is 0 Å². The number of nitrogens with zero attached hydrogens (tertiary/aromatic N) is 3. The number of fused-ring (bicyclic) bond motifs is 1. The number of rotatable bonds is 5. The lowest BCUT2D eigenvalue weighted by Gasteiger charge is -2.15. The summed E-state index contributed by atoms with van der Waals surface area (Å²) < 4.78 is 7.50. The van der Waals surface area contributed by atoms with Crippen LogP contribution in [0.5, 0.6) is 0 Å². The van der Waals surface area contributed by atoms with Crippen molar-refractivity contribution in [3.05, 3.63) is 20.7 Å². The van der Waals surface area contributed by atoms with E-state index in [9.17, 15) is 4.79 Å². The van der Waals surface area contributed by atoms with E-state index in [4.69, 9.17) is 4.74 Å². The van der Waals surface area contributed by atoms with Crippen LogP contribution in [0.15, 0.2) is 9.89 Å². The summed E-state index contributed by atoms with van der Waals surface area (Å²) >= 11 is 6.80. The average molecular weight is 428 g/mol. The monoisotopic (exact) mass is 427 g/mol. The van der Waals surface area contributed by atoms with Crippen molar-refractivity contribution in [2.45, 2.75) is 49.6 Å². The van der Waals surface area contributed by atoms with Crippen LogP contribution in [0, 0.1) is 0 Å². The molecule has 1 saturated carbocycles. The molecule has 0 radical (unpaired) electrons. The summed E-state index contributed by atoms with van der Waals surface area (Å²) in [5, 5.41) is 10.4. The third kappa shape index (κ3) is 3.04.